The van der Waals surface area contributed by atoms with Crippen molar-refractivity contribution in [1.29, 1.82) is 0 Å². The number of carbonyl (C=O) groups is 2. The fourth-order valence-electron chi connectivity index (χ4n) is 3.11. The SMILES string of the molecule is Cc1ccc(-n2ncc(C(=O)N3CCNC(=O)CC3)c2C(C)C)cc1. The second kappa shape index (κ2) is 7.09. The Balaban J connectivity index is 1.95. The molecule has 1 fully saturated rings. The van der Waals surface area contributed by atoms with Gasteiger partial charge in [0.1, 0.15) is 0 Å². The fraction of sp³-hybridized carbons (Fsp3) is 0.421. The van der Waals surface area contributed by atoms with Crippen LogP contribution < -0.4 is 5.32 Å². The Bertz CT molecular complexity index is 777. The molecule has 0 radical (unpaired) electrons. The summed E-state index contributed by atoms with van der Waals surface area (Å²) < 4.78 is 1.85. The lowest BCUT2D eigenvalue weighted by atomic mass is 10.0. The lowest BCUT2D eigenvalue weighted by Crippen LogP contribution is -2.34. The Morgan fingerprint density at radius 1 is 1.20 bits per heavy atom. The van der Waals surface area contributed by atoms with Gasteiger partial charge in [0.15, 0.2) is 0 Å². The van der Waals surface area contributed by atoms with Crippen LogP contribution in [-0.4, -0.2) is 46.1 Å². The first-order valence-electron chi connectivity index (χ1n) is 8.68. The molecule has 0 unspecified atom stereocenters. The molecule has 6 nitrogen and oxygen atoms in total. The van der Waals surface area contributed by atoms with Crippen LogP contribution in [0.15, 0.2) is 30.5 Å². The van der Waals surface area contributed by atoms with Crippen LogP contribution in [0.2, 0.25) is 0 Å². The van der Waals surface area contributed by atoms with E-state index in [0.717, 1.165) is 11.4 Å². The maximum atomic E-state index is 13.0. The third-order valence-electron chi connectivity index (χ3n) is 4.46. The molecular formula is C19H24N4O2. The van der Waals surface area contributed by atoms with Crippen molar-refractivity contribution >= 4 is 11.8 Å². The standard InChI is InChI=1S/C19H24N4O2/c1-13(2)18-16(19(25)22-10-8-17(24)20-9-11-22)12-21-23(18)15-6-4-14(3)5-7-15/h4-7,12-13H,8-11H2,1-3H3,(H,20,24). The van der Waals surface area contributed by atoms with E-state index in [2.05, 4.69) is 24.3 Å². The molecule has 6 heteroatoms. The number of carbonyl (C=O) groups excluding carboxylic acids is 2. The monoisotopic (exact) mass is 340 g/mol. The zero-order valence-electron chi connectivity index (χ0n) is 15.0. The molecule has 0 spiro atoms. The molecule has 25 heavy (non-hydrogen) atoms. The Kier molecular flexibility index (Phi) is 4.88. The van der Waals surface area contributed by atoms with Crippen LogP contribution >= 0.6 is 0 Å². The number of aryl methyl sites for hydroxylation is 1. The van der Waals surface area contributed by atoms with E-state index < -0.39 is 0 Å². The van der Waals surface area contributed by atoms with Crippen molar-refractivity contribution in [1.82, 2.24) is 20.0 Å². The number of rotatable bonds is 3. The lowest BCUT2D eigenvalue weighted by molar-refractivity contribution is -0.120. The molecule has 1 aliphatic heterocycles. The van der Waals surface area contributed by atoms with Gasteiger partial charge >= 0.3 is 0 Å². The average molecular weight is 340 g/mol. The van der Waals surface area contributed by atoms with E-state index in [-0.39, 0.29) is 17.7 Å². The highest BCUT2D eigenvalue weighted by Gasteiger charge is 2.26. The molecule has 3 rings (SSSR count). The summed E-state index contributed by atoms with van der Waals surface area (Å²) in [6, 6.07) is 8.09. The van der Waals surface area contributed by atoms with Crippen molar-refractivity contribution in [3.05, 3.63) is 47.3 Å². The van der Waals surface area contributed by atoms with Crippen molar-refractivity contribution in [3.63, 3.8) is 0 Å². The third-order valence-corrected chi connectivity index (χ3v) is 4.46. The minimum atomic E-state index is -0.0569. The predicted octanol–water partition coefficient (Wildman–Crippen LogP) is 2.27. The van der Waals surface area contributed by atoms with E-state index in [9.17, 15) is 9.59 Å². The molecule has 1 aromatic heterocycles. The van der Waals surface area contributed by atoms with Gasteiger partial charge in [-0.2, -0.15) is 5.10 Å². The van der Waals surface area contributed by atoms with E-state index in [1.54, 1.807) is 11.1 Å². The number of hydrogen-bond acceptors (Lipinski definition) is 3. The molecule has 0 bridgehead atoms. The number of nitrogens with one attached hydrogen (secondary N) is 1. The van der Waals surface area contributed by atoms with Gasteiger partial charge in [-0.15, -0.1) is 0 Å². The highest BCUT2D eigenvalue weighted by atomic mass is 16.2. The Morgan fingerprint density at radius 2 is 1.92 bits per heavy atom. The zero-order chi connectivity index (χ0) is 18.0. The van der Waals surface area contributed by atoms with Crippen LogP contribution in [0.1, 0.15) is 47.8 Å². The maximum absolute atomic E-state index is 13.0. The maximum Gasteiger partial charge on any atom is 0.257 e. The normalized spacial score (nSPS) is 15.2. The summed E-state index contributed by atoms with van der Waals surface area (Å²) in [5, 5.41) is 7.28. The molecular weight excluding hydrogens is 316 g/mol. The van der Waals surface area contributed by atoms with Gasteiger partial charge in [0, 0.05) is 26.1 Å². The zero-order valence-corrected chi connectivity index (χ0v) is 15.0. The molecule has 1 aliphatic rings. The first-order chi connectivity index (χ1) is 12.0. The van der Waals surface area contributed by atoms with Crippen molar-refractivity contribution in [2.75, 3.05) is 19.6 Å². The highest BCUT2D eigenvalue weighted by Crippen LogP contribution is 2.24. The van der Waals surface area contributed by atoms with Gasteiger partial charge in [-0.3, -0.25) is 9.59 Å². The van der Waals surface area contributed by atoms with Crippen LogP contribution in [0.4, 0.5) is 0 Å². The quantitative estimate of drug-likeness (QED) is 0.932. The summed E-state index contributed by atoms with van der Waals surface area (Å²) in [4.78, 5) is 26.3. The molecule has 0 aliphatic carbocycles. The van der Waals surface area contributed by atoms with Crippen LogP contribution in [0, 0.1) is 6.92 Å². The summed E-state index contributed by atoms with van der Waals surface area (Å²) in [6.45, 7) is 7.63. The Hall–Kier alpha value is -2.63. The van der Waals surface area contributed by atoms with Gasteiger partial charge in [-0.1, -0.05) is 31.5 Å². The smallest absolute Gasteiger partial charge is 0.257 e. The lowest BCUT2D eigenvalue weighted by Gasteiger charge is -2.20. The molecule has 2 amide bonds. The van der Waals surface area contributed by atoms with Crippen LogP contribution in [-0.2, 0) is 4.79 Å². The average Bonchev–Trinajstić information content (AvgIpc) is 2.92. The van der Waals surface area contributed by atoms with Gasteiger partial charge in [0.05, 0.1) is 23.1 Å². The van der Waals surface area contributed by atoms with Crippen LogP contribution in [0.3, 0.4) is 0 Å². The summed E-state index contributed by atoms with van der Waals surface area (Å²) in [5.41, 5.74) is 3.64. The molecule has 2 heterocycles. The number of amides is 2. The van der Waals surface area contributed by atoms with E-state index in [0.29, 0.717) is 31.6 Å². The molecule has 132 valence electrons. The number of aromatic nitrogens is 2. The molecule has 1 N–H and O–H groups in total. The number of hydrogen-bond donors (Lipinski definition) is 1. The highest BCUT2D eigenvalue weighted by molar-refractivity contribution is 5.96. The van der Waals surface area contributed by atoms with Gasteiger partial charge in [0.2, 0.25) is 5.91 Å². The van der Waals surface area contributed by atoms with Gasteiger partial charge in [0.25, 0.3) is 5.91 Å². The van der Waals surface area contributed by atoms with Crippen molar-refractivity contribution in [2.45, 2.75) is 33.1 Å². The molecule has 1 saturated heterocycles. The minimum absolute atomic E-state index is 0.00488. The minimum Gasteiger partial charge on any atom is -0.354 e. The second-order valence-corrected chi connectivity index (χ2v) is 6.74. The van der Waals surface area contributed by atoms with Gasteiger partial charge in [-0.05, 0) is 25.0 Å². The number of nitrogens with zero attached hydrogens (tertiary/aromatic N) is 3. The van der Waals surface area contributed by atoms with Gasteiger partial charge < -0.3 is 10.2 Å². The molecule has 0 atom stereocenters. The summed E-state index contributed by atoms with van der Waals surface area (Å²) in [6.07, 6.45) is 1.99. The Morgan fingerprint density at radius 3 is 2.60 bits per heavy atom. The van der Waals surface area contributed by atoms with E-state index >= 15 is 0 Å². The van der Waals surface area contributed by atoms with Crippen LogP contribution in [0.5, 0.6) is 0 Å². The Labute approximate surface area is 147 Å². The van der Waals surface area contributed by atoms with Crippen LogP contribution in [0.25, 0.3) is 5.69 Å². The molecule has 2 aromatic rings. The molecule has 1 aromatic carbocycles. The summed E-state index contributed by atoms with van der Waals surface area (Å²) in [7, 11) is 0. The summed E-state index contributed by atoms with van der Waals surface area (Å²) >= 11 is 0. The topological polar surface area (TPSA) is 67.2 Å². The van der Waals surface area contributed by atoms with E-state index in [4.69, 9.17) is 0 Å². The second-order valence-electron chi connectivity index (χ2n) is 6.74. The van der Waals surface area contributed by atoms with Crippen molar-refractivity contribution in [3.8, 4) is 5.69 Å². The fourth-order valence-corrected chi connectivity index (χ4v) is 3.11. The van der Waals surface area contributed by atoms with E-state index in [1.807, 2.05) is 35.9 Å². The van der Waals surface area contributed by atoms with Crippen molar-refractivity contribution < 1.29 is 9.59 Å². The van der Waals surface area contributed by atoms with Crippen molar-refractivity contribution in [2.24, 2.45) is 0 Å². The van der Waals surface area contributed by atoms with Gasteiger partial charge in [-0.25, -0.2) is 4.68 Å². The largest absolute Gasteiger partial charge is 0.354 e. The first kappa shape index (κ1) is 17.2. The first-order valence-corrected chi connectivity index (χ1v) is 8.68. The third kappa shape index (κ3) is 3.57. The summed E-state index contributed by atoms with van der Waals surface area (Å²) in [5.74, 6) is 0.0859. The predicted molar refractivity (Wildman–Crippen MR) is 95.9 cm³/mol. The number of benzene rings is 1. The van der Waals surface area contributed by atoms with E-state index in [1.165, 1.54) is 5.56 Å². The molecule has 0 saturated carbocycles.